The summed E-state index contributed by atoms with van der Waals surface area (Å²) in [5, 5.41) is 11.3. The summed E-state index contributed by atoms with van der Waals surface area (Å²) in [5.41, 5.74) is 1.53. The lowest BCUT2D eigenvalue weighted by atomic mass is 9.72. The van der Waals surface area contributed by atoms with Crippen LogP contribution >= 0.6 is 11.3 Å². The van der Waals surface area contributed by atoms with E-state index in [-0.39, 0.29) is 6.10 Å². The van der Waals surface area contributed by atoms with Gasteiger partial charge in [-0.05, 0) is 44.8 Å². The second-order valence-corrected chi connectivity index (χ2v) is 8.94. The Balaban J connectivity index is 1.35. The van der Waals surface area contributed by atoms with Crippen LogP contribution in [0.4, 0.5) is 0 Å². The number of thiazole rings is 1. The Morgan fingerprint density at radius 1 is 1.24 bits per heavy atom. The summed E-state index contributed by atoms with van der Waals surface area (Å²) < 4.78 is 0. The van der Waals surface area contributed by atoms with E-state index in [1.807, 2.05) is 12.3 Å². The molecule has 2 aliphatic rings. The van der Waals surface area contributed by atoms with Gasteiger partial charge in [0.05, 0.1) is 6.10 Å². The molecule has 2 aliphatic heterocycles. The lowest BCUT2D eigenvalue weighted by Gasteiger charge is -2.48. The van der Waals surface area contributed by atoms with Crippen molar-refractivity contribution in [3.05, 3.63) is 41.4 Å². The van der Waals surface area contributed by atoms with Gasteiger partial charge in [0.15, 0.2) is 0 Å². The van der Waals surface area contributed by atoms with Gasteiger partial charge >= 0.3 is 0 Å². The maximum absolute atomic E-state index is 10.1. The Labute approximate surface area is 154 Å². The summed E-state index contributed by atoms with van der Waals surface area (Å²) in [5.74, 6) is 0. The average molecular weight is 358 g/mol. The van der Waals surface area contributed by atoms with Gasteiger partial charge in [0, 0.05) is 36.3 Å². The number of aromatic nitrogens is 1. The summed E-state index contributed by atoms with van der Waals surface area (Å²) in [6.45, 7) is 5.21. The number of likely N-dealkylation sites (N-methyl/N-ethyl adjacent to an activating group) is 1. The van der Waals surface area contributed by atoms with Crippen molar-refractivity contribution < 1.29 is 5.11 Å². The average Bonchev–Trinajstić information content (AvgIpc) is 3.06. The van der Waals surface area contributed by atoms with Gasteiger partial charge in [0.25, 0.3) is 0 Å². The molecule has 4 nitrogen and oxygen atoms in total. The number of piperidine rings is 2. The van der Waals surface area contributed by atoms with E-state index >= 15 is 0 Å². The van der Waals surface area contributed by atoms with Gasteiger partial charge < -0.3 is 10.0 Å². The first-order valence-corrected chi connectivity index (χ1v) is 10.0. The molecule has 134 valence electrons. The third-order valence-electron chi connectivity index (χ3n) is 5.67. The summed E-state index contributed by atoms with van der Waals surface area (Å²) in [6, 6.07) is 10.4. The third-order valence-corrected chi connectivity index (χ3v) is 6.70. The molecule has 0 amide bonds. The van der Waals surface area contributed by atoms with Crippen LogP contribution in [0.25, 0.3) is 10.6 Å². The number of hydrogen-bond acceptors (Lipinski definition) is 5. The Hall–Kier alpha value is -1.27. The fraction of sp³-hybridized carbons (Fsp3) is 0.550. The predicted octanol–water partition coefficient (Wildman–Crippen LogP) is 3.09. The first kappa shape index (κ1) is 17.2. The molecular weight excluding hydrogens is 330 g/mol. The van der Waals surface area contributed by atoms with Crippen LogP contribution in [-0.2, 0) is 6.54 Å². The molecule has 1 atom stereocenters. The zero-order valence-electron chi connectivity index (χ0n) is 14.9. The predicted molar refractivity (Wildman–Crippen MR) is 103 cm³/mol. The maximum Gasteiger partial charge on any atom is 0.123 e. The zero-order valence-corrected chi connectivity index (χ0v) is 15.7. The second-order valence-electron chi connectivity index (χ2n) is 7.83. The van der Waals surface area contributed by atoms with Crippen LogP contribution in [0.5, 0.6) is 0 Å². The molecule has 1 N–H and O–H groups in total. The van der Waals surface area contributed by atoms with E-state index in [0.29, 0.717) is 5.41 Å². The van der Waals surface area contributed by atoms with Gasteiger partial charge in [0.2, 0.25) is 0 Å². The highest BCUT2D eigenvalue weighted by Crippen LogP contribution is 2.40. The van der Waals surface area contributed by atoms with Crippen LogP contribution < -0.4 is 0 Å². The highest BCUT2D eigenvalue weighted by Gasteiger charge is 2.40. The largest absolute Gasteiger partial charge is 0.392 e. The van der Waals surface area contributed by atoms with Gasteiger partial charge in [-0.1, -0.05) is 30.3 Å². The molecule has 2 fully saturated rings. The molecule has 25 heavy (non-hydrogen) atoms. The van der Waals surface area contributed by atoms with E-state index in [4.69, 9.17) is 0 Å². The maximum atomic E-state index is 10.1. The number of nitrogens with zero attached hydrogens (tertiary/aromatic N) is 3. The SMILES string of the molecule is CN1CC(O)CC2(CCN(Cc3cnc(-c4ccccc4)s3)CC2)C1. The first-order chi connectivity index (χ1) is 12.1. The normalized spacial score (nSPS) is 24.6. The van der Waals surface area contributed by atoms with Crippen molar-refractivity contribution in [1.82, 2.24) is 14.8 Å². The number of rotatable bonds is 3. The van der Waals surface area contributed by atoms with Crippen molar-refractivity contribution in [2.24, 2.45) is 5.41 Å². The molecule has 1 aromatic carbocycles. The topological polar surface area (TPSA) is 39.6 Å². The quantitative estimate of drug-likeness (QED) is 0.916. The summed E-state index contributed by atoms with van der Waals surface area (Å²) >= 11 is 1.81. The Bertz CT molecular complexity index is 682. The minimum Gasteiger partial charge on any atom is -0.392 e. The number of aliphatic hydroxyl groups excluding tert-OH is 1. The summed E-state index contributed by atoms with van der Waals surface area (Å²) in [4.78, 5) is 10.8. The van der Waals surface area contributed by atoms with Crippen LogP contribution in [-0.4, -0.2) is 59.2 Å². The molecule has 3 heterocycles. The van der Waals surface area contributed by atoms with E-state index in [9.17, 15) is 5.11 Å². The zero-order chi connectivity index (χ0) is 17.3. The minimum atomic E-state index is -0.153. The van der Waals surface area contributed by atoms with Crippen molar-refractivity contribution in [2.45, 2.75) is 31.9 Å². The smallest absolute Gasteiger partial charge is 0.123 e. The van der Waals surface area contributed by atoms with Crippen LogP contribution in [0.1, 0.15) is 24.1 Å². The minimum absolute atomic E-state index is 0.153. The lowest BCUT2D eigenvalue weighted by Crippen LogP contribution is -2.52. The number of benzene rings is 1. The van der Waals surface area contributed by atoms with Gasteiger partial charge in [-0.15, -0.1) is 11.3 Å². The summed E-state index contributed by atoms with van der Waals surface area (Å²) in [6.07, 6.45) is 5.25. The van der Waals surface area contributed by atoms with Crippen LogP contribution in [0.15, 0.2) is 36.5 Å². The van der Waals surface area contributed by atoms with Crippen molar-refractivity contribution in [1.29, 1.82) is 0 Å². The molecule has 1 aromatic heterocycles. The molecule has 0 aliphatic carbocycles. The third kappa shape index (κ3) is 3.95. The molecule has 0 radical (unpaired) electrons. The standard InChI is InChI=1S/C20H27N3OS/c1-22-13-17(24)11-20(15-22)7-9-23(10-8-20)14-18-12-21-19(25-18)16-5-3-2-4-6-16/h2-6,12,17,24H,7-11,13-15H2,1H3. The molecule has 0 bridgehead atoms. The molecule has 1 unspecified atom stereocenters. The monoisotopic (exact) mass is 357 g/mol. The molecule has 0 saturated carbocycles. The number of β-amino-alcohol motifs (C(OH)–C–C–N with tert-alkyl or cyclic N) is 1. The molecule has 4 rings (SSSR count). The van der Waals surface area contributed by atoms with E-state index in [2.05, 4.69) is 46.1 Å². The molecular formula is C20H27N3OS. The van der Waals surface area contributed by atoms with E-state index in [1.165, 1.54) is 23.3 Å². The fourth-order valence-corrected chi connectivity index (χ4v) is 5.45. The second kappa shape index (κ2) is 7.16. The van der Waals surface area contributed by atoms with E-state index in [1.54, 1.807) is 11.3 Å². The lowest BCUT2D eigenvalue weighted by molar-refractivity contribution is -0.0329. The van der Waals surface area contributed by atoms with Gasteiger partial charge in [-0.2, -0.15) is 0 Å². The van der Waals surface area contributed by atoms with Crippen molar-refractivity contribution in [2.75, 3.05) is 33.2 Å². The number of aliphatic hydroxyl groups is 1. The van der Waals surface area contributed by atoms with Gasteiger partial charge in [-0.3, -0.25) is 4.90 Å². The Kier molecular flexibility index (Phi) is 4.91. The first-order valence-electron chi connectivity index (χ1n) is 9.21. The van der Waals surface area contributed by atoms with Crippen LogP contribution in [0, 0.1) is 5.41 Å². The van der Waals surface area contributed by atoms with Crippen LogP contribution in [0.3, 0.4) is 0 Å². The van der Waals surface area contributed by atoms with E-state index in [0.717, 1.165) is 44.2 Å². The fourth-order valence-electron chi connectivity index (χ4n) is 4.49. The molecule has 5 heteroatoms. The number of hydrogen-bond donors (Lipinski definition) is 1. The summed E-state index contributed by atoms with van der Waals surface area (Å²) in [7, 11) is 2.14. The Morgan fingerprint density at radius 3 is 2.72 bits per heavy atom. The van der Waals surface area contributed by atoms with Crippen molar-refractivity contribution in [3.8, 4) is 10.6 Å². The van der Waals surface area contributed by atoms with Gasteiger partial charge in [-0.25, -0.2) is 4.98 Å². The Morgan fingerprint density at radius 2 is 2.00 bits per heavy atom. The van der Waals surface area contributed by atoms with Crippen LogP contribution in [0.2, 0.25) is 0 Å². The number of likely N-dealkylation sites (tertiary alicyclic amines) is 2. The molecule has 1 spiro atoms. The van der Waals surface area contributed by atoms with E-state index < -0.39 is 0 Å². The molecule has 2 aromatic rings. The van der Waals surface area contributed by atoms with Gasteiger partial charge in [0.1, 0.15) is 5.01 Å². The molecule has 2 saturated heterocycles. The highest BCUT2D eigenvalue weighted by molar-refractivity contribution is 7.15. The van der Waals surface area contributed by atoms with Crippen molar-refractivity contribution >= 4 is 11.3 Å². The van der Waals surface area contributed by atoms with Crippen molar-refractivity contribution in [3.63, 3.8) is 0 Å². The highest BCUT2D eigenvalue weighted by atomic mass is 32.1.